The number of hydrogen-bond acceptors (Lipinski definition) is 5. The monoisotopic (exact) mass is 304 g/mol. The van der Waals surface area contributed by atoms with Crippen molar-refractivity contribution in [3.05, 3.63) is 34.9 Å². The van der Waals surface area contributed by atoms with Crippen LogP contribution in [0.2, 0.25) is 0 Å². The fourth-order valence-electron chi connectivity index (χ4n) is 1.86. The Morgan fingerprint density at radius 3 is 2.81 bits per heavy atom. The molecule has 0 unspecified atom stereocenters. The van der Waals surface area contributed by atoms with E-state index in [-0.39, 0.29) is 12.5 Å². The number of amides is 1. The summed E-state index contributed by atoms with van der Waals surface area (Å²) in [5.74, 6) is 1.26. The summed E-state index contributed by atoms with van der Waals surface area (Å²) in [4.78, 5) is 13.6. The molecule has 0 fully saturated rings. The van der Waals surface area contributed by atoms with Crippen molar-refractivity contribution in [2.75, 3.05) is 13.7 Å². The van der Waals surface area contributed by atoms with Gasteiger partial charge in [0.2, 0.25) is 0 Å². The summed E-state index contributed by atoms with van der Waals surface area (Å²) in [5, 5.41) is 11.8. The SMILES string of the molecule is COC[C@@](C)(C#N)NC(=O)c1ccc(-c2ccc(C)o2)s1. The Morgan fingerprint density at radius 1 is 1.48 bits per heavy atom. The first kappa shape index (κ1) is 15.3. The summed E-state index contributed by atoms with van der Waals surface area (Å²) in [7, 11) is 1.49. The first-order valence-electron chi connectivity index (χ1n) is 6.37. The lowest BCUT2D eigenvalue weighted by atomic mass is 10.1. The molecule has 0 spiro atoms. The highest BCUT2D eigenvalue weighted by Crippen LogP contribution is 2.29. The lowest BCUT2D eigenvalue weighted by Gasteiger charge is -2.21. The van der Waals surface area contributed by atoms with Crippen LogP contribution in [0.4, 0.5) is 0 Å². The minimum absolute atomic E-state index is 0.130. The van der Waals surface area contributed by atoms with Crippen LogP contribution in [0.5, 0.6) is 0 Å². The predicted octanol–water partition coefficient (Wildman–Crippen LogP) is 2.98. The number of furan rings is 1. The van der Waals surface area contributed by atoms with Crippen LogP contribution >= 0.6 is 11.3 Å². The maximum Gasteiger partial charge on any atom is 0.262 e. The Bertz CT molecular complexity index is 683. The first-order valence-corrected chi connectivity index (χ1v) is 7.18. The topological polar surface area (TPSA) is 75.3 Å². The Balaban J connectivity index is 2.14. The van der Waals surface area contributed by atoms with Gasteiger partial charge in [-0.3, -0.25) is 4.79 Å². The molecule has 0 aliphatic carbocycles. The van der Waals surface area contributed by atoms with Crippen molar-refractivity contribution < 1.29 is 13.9 Å². The molecule has 2 aromatic rings. The molecule has 21 heavy (non-hydrogen) atoms. The number of hydrogen-bond donors (Lipinski definition) is 1. The standard InChI is InChI=1S/C15H16N2O3S/c1-10-4-5-11(20-10)12-6-7-13(21-12)14(18)17-15(2,8-16)9-19-3/h4-7H,9H2,1-3H3,(H,17,18)/t15-/m1/s1. The van der Waals surface area contributed by atoms with Crippen LogP contribution < -0.4 is 5.32 Å². The second kappa shape index (κ2) is 6.12. The van der Waals surface area contributed by atoms with E-state index in [9.17, 15) is 4.79 Å². The van der Waals surface area contributed by atoms with Gasteiger partial charge in [-0.1, -0.05) is 0 Å². The number of carbonyl (C=O) groups excluding carboxylic acids is 1. The number of nitrogens with zero attached hydrogens (tertiary/aromatic N) is 1. The molecule has 2 aromatic heterocycles. The van der Waals surface area contributed by atoms with Gasteiger partial charge in [-0.15, -0.1) is 11.3 Å². The van der Waals surface area contributed by atoms with Crippen LogP contribution in [-0.4, -0.2) is 25.2 Å². The average molecular weight is 304 g/mol. The second-order valence-electron chi connectivity index (χ2n) is 4.91. The van der Waals surface area contributed by atoms with Gasteiger partial charge in [0.1, 0.15) is 17.1 Å². The number of thiophene rings is 1. The third-order valence-electron chi connectivity index (χ3n) is 2.88. The predicted molar refractivity (Wildman–Crippen MR) is 80.1 cm³/mol. The number of nitriles is 1. The molecule has 0 saturated heterocycles. The van der Waals surface area contributed by atoms with Crippen LogP contribution in [0.3, 0.4) is 0 Å². The highest BCUT2D eigenvalue weighted by atomic mass is 32.1. The molecule has 0 aromatic carbocycles. The number of carbonyl (C=O) groups is 1. The Labute approximate surface area is 127 Å². The van der Waals surface area contributed by atoms with Gasteiger partial charge in [0.15, 0.2) is 0 Å². The largest absolute Gasteiger partial charge is 0.461 e. The molecular weight excluding hydrogens is 288 g/mol. The van der Waals surface area contributed by atoms with Crippen molar-refractivity contribution in [1.29, 1.82) is 5.26 Å². The zero-order chi connectivity index (χ0) is 15.5. The van der Waals surface area contributed by atoms with Crippen molar-refractivity contribution in [1.82, 2.24) is 5.32 Å². The quantitative estimate of drug-likeness (QED) is 0.921. The molecule has 110 valence electrons. The molecular formula is C15H16N2O3S. The van der Waals surface area contributed by atoms with Crippen molar-refractivity contribution in [3.63, 3.8) is 0 Å². The van der Waals surface area contributed by atoms with Gasteiger partial charge in [-0.2, -0.15) is 5.26 Å². The summed E-state index contributed by atoms with van der Waals surface area (Å²) in [6.07, 6.45) is 0. The first-order chi connectivity index (χ1) is 9.97. The Kier molecular flexibility index (Phi) is 4.46. The van der Waals surface area contributed by atoms with Crippen LogP contribution in [0.25, 0.3) is 10.6 Å². The molecule has 0 aliphatic rings. The van der Waals surface area contributed by atoms with E-state index in [1.165, 1.54) is 18.4 Å². The van der Waals surface area contributed by atoms with Gasteiger partial charge in [-0.05, 0) is 38.1 Å². The zero-order valence-electron chi connectivity index (χ0n) is 12.1. The number of methoxy groups -OCH3 is 1. The normalized spacial score (nSPS) is 13.4. The zero-order valence-corrected chi connectivity index (χ0v) is 12.9. The van der Waals surface area contributed by atoms with E-state index < -0.39 is 5.54 Å². The van der Waals surface area contributed by atoms with E-state index in [1.807, 2.05) is 25.1 Å². The molecule has 0 aliphatic heterocycles. The Hall–Kier alpha value is -2.10. The minimum Gasteiger partial charge on any atom is -0.461 e. The van der Waals surface area contributed by atoms with Crippen LogP contribution in [0.1, 0.15) is 22.4 Å². The van der Waals surface area contributed by atoms with Gasteiger partial charge in [-0.25, -0.2) is 0 Å². The molecule has 5 nitrogen and oxygen atoms in total. The van der Waals surface area contributed by atoms with E-state index >= 15 is 0 Å². The lowest BCUT2D eigenvalue weighted by Crippen LogP contribution is -2.48. The average Bonchev–Trinajstić information content (AvgIpc) is 3.07. The highest BCUT2D eigenvalue weighted by molar-refractivity contribution is 7.17. The molecule has 2 heterocycles. The second-order valence-corrected chi connectivity index (χ2v) is 5.99. The molecule has 1 N–H and O–H groups in total. The van der Waals surface area contributed by atoms with E-state index in [0.29, 0.717) is 4.88 Å². The van der Waals surface area contributed by atoms with E-state index in [4.69, 9.17) is 14.4 Å². The summed E-state index contributed by atoms with van der Waals surface area (Å²) < 4.78 is 10.5. The third-order valence-corrected chi connectivity index (χ3v) is 3.98. The summed E-state index contributed by atoms with van der Waals surface area (Å²) >= 11 is 1.32. The summed E-state index contributed by atoms with van der Waals surface area (Å²) in [5.41, 5.74) is -1.04. The van der Waals surface area contributed by atoms with Crippen molar-refractivity contribution in [3.8, 4) is 16.7 Å². The van der Waals surface area contributed by atoms with Crippen molar-refractivity contribution >= 4 is 17.2 Å². The summed E-state index contributed by atoms with van der Waals surface area (Å²) in [6, 6.07) is 9.35. The van der Waals surface area contributed by atoms with Crippen LogP contribution in [-0.2, 0) is 4.74 Å². The number of ether oxygens (including phenoxy) is 1. The van der Waals surface area contributed by atoms with E-state index in [2.05, 4.69) is 11.4 Å². The minimum atomic E-state index is -1.04. The molecule has 6 heteroatoms. The van der Waals surface area contributed by atoms with Gasteiger partial charge in [0, 0.05) is 7.11 Å². The fourth-order valence-corrected chi connectivity index (χ4v) is 2.72. The third kappa shape index (κ3) is 3.51. The highest BCUT2D eigenvalue weighted by Gasteiger charge is 2.27. The molecule has 1 amide bonds. The maximum absolute atomic E-state index is 12.2. The maximum atomic E-state index is 12.2. The number of rotatable bonds is 5. The fraction of sp³-hybridized carbons (Fsp3) is 0.333. The van der Waals surface area contributed by atoms with Gasteiger partial charge in [0.05, 0.1) is 22.4 Å². The lowest BCUT2D eigenvalue weighted by molar-refractivity contribution is 0.0864. The van der Waals surface area contributed by atoms with Crippen LogP contribution in [0.15, 0.2) is 28.7 Å². The van der Waals surface area contributed by atoms with Crippen molar-refractivity contribution in [2.45, 2.75) is 19.4 Å². The van der Waals surface area contributed by atoms with Crippen molar-refractivity contribution in [2.24, 2.45) is 0 Å². The smallest absolute Gasteiger partial charge is 0.262 e. The number of aryl methyl sites for hydroxylation is 1. The van der Waals surface area contributed by atoms with E-state index in [1.54, 1.807) is 13.0 Å². The summed E-state index contributed by atoms with van der Waals surface area (Å²) in [6.45, 7) is 3.62. The van der Waals surface area contributed by atoms with Gasteiger partial charge >= 0.3 is 0 Å². The van der Waals surface area contributed by atoms with Crippen LogP contribution in [0, 0.1) is 18.3 Å². The molecule has 0 bridgehead atoms. The Morgan fingerprint density at radius 2 is 2.24 bits per heavy atom. The van der Waals surface area contributed by atoms with Gasteiger partial charge < -0.3 is 14.5 Å². The molecule has 0 radical (unpaired) electrons. The molecule has 1 atom stereocenters. The molecule has 0 saturated carbocycles. The number of nitrogens with one attached hydrogen (secondary N) is 1. The molecule has 2 rings (SSSR count). The van der Waals surface area contributed by atoms with Gasteiger partial charge in [0.25, 0.3) is 5.91 Å². The van der Waals surface area contributed by atoms with E-state index in [0.717, 1.165) is 16.4 Å².